The Kier molecular flexibility index (Phi) is 7.19. The molecule has 2 atom stereocenters. The van der Waals surface area contributed by atoms with Gasteiger partial charge in [-0.25, -0.2) is 8.78 Å². The second-order valence-electron chi connectivity index (χ2n) is 9.59. The van der Waals surface area contributed by atoms with Crippen LogP contribution in [0, 0.1) is 11.6 Å². The number of anilines is 1. The molecule has 0 radical (unpaired) electrons. The maximum atomic E-state index is 14.4. The van der Waals surface area contributed by atoms with E-state index >= 15 is 0 Å². The normalized spacial score (nSPS) is 18.8. The average Bonchev–Trinajstić information content (AvgIpc) is 2.94. The number of para-hydroxylation sites is 1. The van der Waals surface area contributed by atoms with Gasteiger partial charge in [-0.05, 0) is 54.7 Å². The van der Waals surface area contributed by atoms with Gasteiger partial charge >= 0.3 is 0 Å². The zero-order chi connectivity index (χ0) is 27.7. The third-order valence-corrected chi connectivity index (χ3v) is 7.29. The SMILES string of the molecule is COc1ccc([C@@H]2C(C(=O)Nc3c(F)cccc3F)=C(C)NC3=C2C(=O)C[C@@H](c2ccccc2)C3)cc1OC. The molecule has 1 amide bonds. The monoisotopic (exact) mass is 530 g/mol. The van der Waals surface area contributed by atoms with E-state index in [9.17, 15) is 18.4 Å². The first-order valence-corrected chi connectivity index (χ1v) is 12.6. The topological polar surface area (TPSA) is 76.7 Å². The van der Waals surface area contributed by atoms with E-state index in [-0.39, 0.29) is 23.7 Å². The molecule has 0 bridgehead atoms. The number of ether oxygens (including phenoxy) is 2. The Bertz CT molecular complexity index is 1490. The van der Waals surface area contributed by atoms with Gasteiger partial charge in [-0.1, -0.05) is 42.5 Å². The van der Waals surface area contributed by atoms with E-state index in [1.165, 1.54) is 20.3 Å². The average molecular weight is 531 g/mol. The number of carbonyl (C=O) groups is 2. The van der Waals surface area contributed by atoms with Gasteiger partial charge in [-0.15, -0.1) is 0 Å². The summed E-state index contributed by atoms with van der Waals surface area (Å²) in [6.07, 6.45) is 0.841. The summed E-state index contributed by atoms with van der Waals surface area (Å²) in [5.41, 5.74) is 2.99. The number of hydrogen-bond donors (Lipinski definition) is 2. The van der Waals surface area contributed by atoms with Crippen molar-refractivity contribution in [3.63, 3.8) is 0 Å². The molecule has 0 saturated heterocycles. The summed E-state index contributed by atoms with van der Waals surface area (Å²) in [6, 6.07) is 18.4. The van der Waals surface area contributed by atoms with Crippen molar-refractivity contribution in [2.24, 2.45) is 0 Å². The number of nitrogens with one attached hydrogen (secondary N) is 2. The van der Waals surface area contributed by atoms with E-state index in [0.29, 0.717) is 34.8 Å². The van der Waals surface area contributed by atoms with Gasteiger partial charge in [0.15, 0.2) is 17.3 Å². The Morgan fingerprint density at radius 1 is 0.897 bits per heavy atom. The number of ketones is 1. The van der Waals surface area contributed by atoms with Crippen LogP contribution in [0.2, 0.25) is 0 Å². The lowest BCUT2D eigenvalue weighted by atomic mass is 9.71. The molecule has 200 valence electrons. The molecule has 6 nitrogen and oxygen atoms in total. The van der Waals surface area contributed by atoms with Gasteiger partial charge < -0.3 is 20.1 Å². The van der Waals surface area contributed by atoms with Gasteiger partial charge in [0.2, 0.25) is 0 Å². The number of Topliss-reactive ketones (excluding diaryl/α,β-unsaturated/α-hetero) is 1. The number of rotatable bonds is 6. The third kappa shape index (κ3) is 4.90. The van der Waals surface area contributed by atoms with E-state index in [1.807, 2.05) is 30.3 Å². The van der Waals surface area contributed by atoms with Crippen molar-refractivity contribution in [3.05, 3.63) is 112 Å². The van der Waals surface area contributed by atoms with Crippen LogP contribution >= 0.6 is 0 Å². The van der Waals surface area contributed by atoms with Crippen molar-refractivity contribution < 1.29 is 27.8 Å². The van der Waals surface area contributed by atoms with E-state index in [0.717, 1.165) is 23.4 Å². The van der Waals surface area contributed by atoms with Crippen molar-refractivity contribution in [2.45, 2.75) is 31.6 Å². The quantitative estimate of drug-likeness (QED) is 0.410. The van der Waals surface area contributed by atoms with Crippen LogP contribution in [0.25, 0.3) is 0 Å². The minimum Gasteiger partial charge on any atom is -0.493 e. The Morgan fingerprint density at radius 3 is 2.26 bits per heavy atom. The molecule has 8 heteroatoms. The summed E-state index contributed by atoms with van der Waals surface area (Å²) in [6.45, 7) is 1.72. The standard InChI is InChI=1S/C31H28F2N2O4/c1-17-27(31(37)35-30-21(32)10-7-11-22(30)33)28(19-12-13-25(38-2)26(16-19)39-3)29-23(34-17)14-20(15-24(29)36)18-8-5-4-6-9-18/h4-13,16,20,28,34H,14-15H2,1-3H3,(H,35,37)/t20-,28+/m0/s1. The van der Waals surface area contributed by atoms with Gasteiger partial charge in [0.25, 0.3) is 5.91 Å². The zero-order valence-electron chi connectivity index (χ0n) is 21.8. The number of allylic oxidation sites excluding steroid dienone is 3. The number of methoxy groups -OCH3 is 2. The number of benzene rings is 3. The maximum Gasteiger partial charge on any atom is 0.254 e. The second kappa shape index (κ2) is 10.7. The van der Waals surface area contributed by atoms with Crippen LogP contribution in [0.3, 0.4) is 0 Å². The summed E-state index contributed by atoms with van der Waals surface area (Å²) < 4.78 is 39.7. The molecule has 1 aliphatic carbocycles. The second-order valence-corrected chi connectivity index (χ2v) is 9.59. The van der Waals surface area contributed by atoms with Crippen molar-refractivity contribution >= 4 is 17.4 Å². The Hall–Kier alpha value is -4.46. The highest BCUT2D eigenvalue weighted by Gasteiger charge is 2.41. The van der Waals surface area contributed by atoms with Crippen molar-refractivity contribution in [1.29, 1.82) is 0 Å². The largest absolute Gasteiger partial charge is 0.493 e. The summed E-state index contributed by atoms with van der Waals surface area (Å²) in [5, 5.41) is 5.68. The molecule has 0 spiro atoms. The highest BCUT2D eigenvalue weighted by atomic mass is 19.1. The van der Waals surface area contributed by atoms with Gasteiger partial charge in [0, 0.05) is 34.9 Å². The summed E-state index contributed by atoms with van der Waals surface area (Å²) >= 11 is 0. The predicted molar refractivity (Wildman–Crippen MR) is 144 cm³/mol. The Morgan fingerprint density at radius 2 is 1.59 bits per heavy atom. The Labute approximate surface area is 225 Å². The van der Waals surface area contributed by atoms with Crippen molar-refractivity contribution in [3.8, 4) is 11.5 Å². The van der Waals surface area contributed by atoms with E-state index in [2.05, 4.69) is 10.6 Å². The fourth-order valence-electron chi connectivity index (χ4n) is 5.46. The van der Waals surface area contributed by atoms with Crippen LogP contribution < -0.4 is 20.1 Å². The maximum absolute atomic E-state index is 14.4. The first kappa shape index (κ1) is 26.2. The molecule has 3 aromatic carbocycles. The molecule has 2 N–H and O–H groups in total. The van der Waals surface area contributed by atoms with Gasteiger partial charge in [-0.2, -0.15) is 0 Å². The minimum atomic E-state index is -0.896. The van der Waals surface area contributed by atoms with Crippen LogP contribution in [-0.2, 0) is 9.59 Å². The lowest BCUT2D eigenvalue weighted by Crippen LogP contribution is -2.37. The van der Waals surface area contributed by atoms with Crippen LogP contribution in [-0.4, -0.2) is 25.9 Å². The molecule has 1 aliphatic heterocycles. The van der Waals surface area contributed by atoms with Gasteiger partial charge in [0.05, 0.1) is 14.2 Å². The highest BCUT2D eigenvalue weighted by Crippen LogP contribution is 2.47. The fourth-order valence-corrected chi connectivity index (χ4v) is 5.46. The molecular weight excluding hydrogens is 502 g/mol. The van der Waals surface area contributed by atoms with Crippen LogP contribution in [0.5, 0.6) is 11.5 Å². The van der Waals surface area contributed by atoms with Gasteiger partial charge in [-0.3, -0.25) is 9.59 Å². The lowest BCUT2D eigenvalue weighted by molar-refractivity contribution is -0.116. The number of carbonyl (C=O) groups excluding carboxylic acids is 2. The van der Waals surface area contributed by atoms with E-state index < -0.39 is 29.1 Å². The van der Waals surface area contributed by atoms with Crippen LogP contribution in [0.4, 0.5) is 14.5 Å². The molecule has 0 unspecified atom stereocenters. The fraction of sp³-hybridized carbons (Fsp3) is 0.226. The summed E-state index contributed by atoms with van der Waals surface area (Å²) in [7, 11) is 3.02. The minimum absolute atomic E-state index is 0.0216. The van der Waals surface area contributed by atoms with E-state index in [1.54, 1.807) is 25.1 Å². The summed E-state index contributed by atoms with van der Waals surface area (Å²) in [4.78, 5) is 27.5. The van der Waals surface area contributed by atoms with Crippen molar-refractivity contribution in [2.75, 3.05) is 19.5 Å². The van der Waals surface area contributed by atoms with Gasteiger partial charge in [0.1, 0.15) is 17.3 Å². The lowest BCUT2D eigenvalue weighted by Gasteiger charge is -2.37. The first-order valence-electron chi connectivity index (χ1n) is 12.6. The predicted octanol–water partition coefficient (Wildman–Crippen LogP) is 5.98. The molecule has 3 aromatic rings. The number of dihydropyridines is 1. The molecular formula is C31H28F2N2O4. The third-order valence-electron chi connectivity index (χ3n) is 7.29. The van der Waals surface area contributed by atoms with Crippen LogP contribution in [0.15, 0.2) is 89.3 Å². The Balaban J connectivity index is 1.62. The number of amides is 1. The first-order chi connectivity index (χ1) is 18.8. The molecule has 5 rings (SSSR count). The van der Waals surface area contributed by atoms with Crippen LogP contribution in [0.1, 0.15) is 42.7 Å². The molecule has 1 heterocycles. The number of halogens is 2. The molecule has 2 aliphatic rings. The molecule has 39 heavy (non-hydrogen) atoms. The van der Waals surface area contributed by atoms with Crippen molar-refractivity contribution in [1.82, 2.24) is 5.32 Å². The highest BCUT2D eigenvalue weighted by molar-refractivity contribution is 6.10. The molecule has 0 saturated carbocycles. The zero-order valence-corrected chi connectivity index (χ0v) is 21.8. The summed E-state index contributed by atoms with van der Waals surface area (Å²) in [5.74, 6) is -2.51. The van der Waals surface area contributed by atoms with E-state index in [4.69, 9.17) is 9.47 Å². The smallest absolute Gasteiger partial charge is 0.254 e. The molecule has 0 fully saturated rings. The number of hydrogen-bond acceptors (Lipinski definition) is 5. The molecule has 0 aromatic heterocycles.